The Bertz CT molecular complexity index is 516. The van der Waals surface area contributed by atoms with E-state index in [0.717, 1.165) is 24.7 Å². The van der Waals surface area contributed by atoms with Gasteiger partial charge in [0.25, 0.3) is 0 Å². The Kier molecular flexibility index (Phi) is 6.58. The van der Waals surface area contributed by atoms with E-state index >= 15 is 0 Å². The molecule has 0 aliphatic carbocycles. The minimum Gasteiger partial charge on any atom is -0.375 e. The molecule has 104 valence electrons. The Labute approximate surface area is 128 Å². The van der Waals surface area contributed by atoms with Gasteiger partial charge in [-0.3, -0.25) is 4.90 Å². The Morgan fingerprint density at radius 1 is 1.37 bits per heavy atom. The van der Waals surface area contributed by atoms with Gasteiger partial charge in [-0.15, -0.1) is 23.7 Å². The molecule has 0 saturated carbocycles. The summed E-state index contributed by atoms with van der Waals surface area (Å²) in [4.78, 5) is 7.60. The number of hydrogen-bond donors (Lipinski definition) is 1. The summed E-state index contributed by atoms with van der Waals surface area (Å²) in [7, 11) is 0. The molecule has 0 fully saturated rings. The number of nitrogens with two attached hydrogens (primary N) is 1. The molecule has 0 amide bonds. The highest BCUT2D eigenvalue weighted by Gasteiger charge is 2.07. The highest BCUT2D eigenvalue weighted by Crippen LogP contribution is 2.18. The van der Waals surface area contributed by atoms with E-state index < -0.39 is 0 Å². The molecule has 0 saturated heterocycles. The molecule has 1 aromatic heterocycles. The first-order valence-corrected chi connectivity index (χ1v) is 7.04. The molecule has 2 aromatic rings. The van der Waals surface area contributed by atoms with Gasteiger partial charge >= 0.3 is 0 Å². The molecule has 2 N–H and O–H groups in total. The number of benzene rings is 1. The van der Waals surface area contributed by atoms with E-state index in [1.54, 1.807) is 11.3 Å². The minimum atomic E-state index is 0. The summed E-state index contributed by atoms with van der Waals surface area (Å²) in [5.74, 6) is 0. The molecular formula is C13H17Cl2N3S. The van der Waals surface area contributed by atoms with Gasteiger partial charge in [-0.25, -0.2) is 4.98 Å². The number of rotatable bonds is 5. The van der Waals surface area contributed by atoms with Gasteiger partial charge in [-0.1, -0.05) is 30.7 Å². The third kappa shape index (κ3) is 4.99. The summed E-state index contributed by atoms with van der Waals surface area (Å²) >= 11 is 7.54. The molecule has 0 aliphatic rings. The first-order valence-electron chi connectivity index (χ1n) is 5.84. The Balaban J connectivity index is 0.00000180. The lowest BCUT2D eigenvalue weighted by Gasteiger charge is -2.19. The second-order valence-corrected chi connectivity index (χ2v) is 5.68. The normalized spacial score (nSPS) is 10.5. The van der Waals surface area contributed by atoms with E-state index in [-0.39, 0.29) is 12.4 Å². The summed E-state index contributed by atoms with van der Waals surface area (Å²) in [6.07, 6.45) is 1.85. The lowest BCUT2D eigenvalue weighted by Crippen LogP contribution is -2.21. The first kappa shape index (κ1) is 16.2. The molecule has 19 heavy (non-hydrogen) atoms. The number of halogens is 2. The highest BCUT2D eigenvalue weighted by atomic mass is 35.5. The fraction of sp³-hybridized carbons (Fsp3) is 0.308. The zero-order valence-electron chi connectivity index (χ0n) is 10.7. The zero-order chi connectivity index (χ0) is 13.0. The predicted molar refractivity (Wildman–Crippen MR) is 85.0 cm³/mol. The fourth-order valence-corrected chi connectivity index (χ4v) is 2.73. The fourth-order valence-electron chi connectivity index (χ4n) is 1.79. The van der Waals surface area contributed by atoms with Crippen LogP contribution >= 0.6 is 35.3 Å². The molecule has 2 rings (SSSR count). The third-order valence-corrected chi connectivity index (χ3v) is 3.74. The van der Waals surface area contributed by atoms with Crippen LogP contribution in [0.3, 0.4) is 0 Å². The molecule has 0 radical (unpaired) electrons. The number of thiazole rings is 1. The average molecular weight is 318 g/mol. The molecule has 0 bridgehead atoms. The maximum Gasteiger partial charge on any atom is 0.180 e. The van der Waals surface area contributed by atoms with Gasteiger partial charge in [0.1, 0.15) is 0 Å². The van der Waals surface area contributed by atoms with Crippen LogP contribution in [0.15, 0.2) is 30.5 Å². The maximum absolute atomic E-state index is 5.99. The van der Waals surface area contributed by atoms with Crippen molar-refractivity contribution in [2.24, 2.45) is 0 Å². The van der Waals surface area contributed by atoms with Crippen molar-refractivity contribution in [2.45, 2.75) is 20.0 Å². The topological polar surface area (TPSA) is 42.2 Å². The molecule has 1 heterocycles. The monoisotopic (exact) mass is 317 g/mol. The second-order valence-electron chi connectivity index (χ2n) is 4.10. The number of nitrogens with zero attached hydrogens (tertiary/aromatic N) is 2. The van der Waals surface area contributed by atoms with E-state index in [0.29, 0.717) is 5.13 Å². The summed E-state index contributed by atoms with van der Waals surface area (Å²) < 4.78 is 0. The summed E-state index contributed by atoms with van der Waals surface area (Å²) in [5, 5.41) is 1.41. The summed E-state index contributed by atoms with van der Waals surface area (Å²) in [6, 6.07) is 7.97. The average Bonchev–Trinajstić information content (AvgIpc) is 2.74. The number of hydrogen-bond acceptors (Lipinski definition) is 4. The van der Waals surface area contributed by atoms with Gasteiger partial charge in [-0.2, -0.15) is 0 Å². The van der Waals surface area contributed by atoms with Crippen molar-refractivity contribution in [3.63, 3.8) is 0 Å². The van der Waals surface area contributed by atoms with Crippen LogP contribution in [0.25, 0.3) is 0 Å². The third-order valence-electron chi connectivity index (χ3n) is 2.69. The molecule has 0 spiro atoms. The maximum atomic E-state index is 5.99. The van der Waals surface area contributed by atoms with Crippen LogP contribution in [-0.2, 0) is 13.1 Å². The minimum absolute atomic E-state index is 0. The van der Waals surface area contributed by atoms with Crippen LogP contribution in [-0.4, -0.2) is 16.4 Å². The molecular weight excluding hydrogens is 301 g/mol. The van der Waals surface area contributed by atoms with E-state index in [1.165, 1.54) is 10.4 Å². The Morgan fingerprint density at radius 3 is 2.74 bits per heavy atom. The standard InChI is InChI=1S/C13H16ClN3S.ClH/c1-2-17(9-12-7-16-13(15)18-12)8-10-4-3-5-11(14)6-10;/h3-7H,2,8-9H2,1H3,(H2,15,16);1H. The molecule has 6 heteroatoms. The molecule has 0 aliphatic heterocycles. The molecule has 3 nitrogen and oxygen atoms in total. The van der Waals surface area contributed by atoms with Gasteiger partial charge < -0.3 is 5.73 Å². The Hall–Kier alpha value is -0.810. The van der Waals surface area contributed by atoms with Gasteiger partial charge in [0.2, 0.25) is 0 Å². The van der Waals surface area contributed by atoms with Crippen molar-refractivity contribution in [2.75, 3.05) is 12.3 Å². The van der Waals surface area contributed by atoms with Crippen LogP contribution in [0.5, 0.6) is 0 Å². The van der Waals surface area contributed by atoms with Gasteiger partial charge in [0, 0.05) is 29.2 Å². The number of nitrogen functional groups attached to an aromatic ring is 1. The predicted octanol–water partition coefficient (Wildman–Crippen LogP) is 3.82. The van der Waals surface area contributed by atoms with E-state index in [4.69, 9.17) is 17.3 Å². The van der Waals surface area contributed by atoms with Gasteiger partial charge in [-0.05, 0) is 24.2 Å². The second kappa shape index (κ2) is 7.70. The van der Waals surface area contributed by atoms with Crippen molar-refractivity contribution in [3.8, 4) is 0 Å². The molecule has 1 aromatic carbocycles. The lowest BCUT2D eigenvalue weighted by atomic mass is 10.2. The van der Waals surface area contributed by atoms with Crippen molar-refractivity contribution in [1.82, 2.24) is 9.88 Å². The summed E-state index contributed by atoms with van der Waals surface area (Å²) in [5.41, 5.74) is 6.86. The van der Waals surface area contributed by atoms with Crippen LogP contribution in [0.4, 0.5) is 5.13 Å². The van der Waals surface area contributed by atoms with Crippen molar-refractivity contribution >= 4 is 40.5 Å². The van der Waals surface area contributed by atoms with Crippen molar-refractivity contribution < 1.29 is 0 Å². The van der Waals surface area contributed by atoms with Crippen molar-refractivity contribution in [3.05, 3.63) is 45.9 Å². The van der Waals surface area contributed by atoms with Gasteiger partial charge in [0.05, 0.1) is 0 Å². The zero-order valence-corrected chi connectivity index (χ0v) is 13.1. The number of aromatic nitrogens is 1. The van der Waals surface area contributed by atoms with Crippen LogP contribution in [0, 0.1) is 0 Å². The van der Waals surface area contributed by atoms with Crippen LogP contribution in [0.1, 0.15) is 17.4 Å². The van der Waals surface area contributed by atoms with Crippen molar-refractivity contribution in [1.29, 1.82) is 0 Å². The smallest absolute Gasteiger partial charge is 0.180 e. The quantitative estimate of drug-likeness (QED) is 0.911. The lowest BCUT2D eigenvalue weighted by molar-refractivity contribution is 0.273. The van der Waals surface area contributed by atoms with E-state index in [1.807, 2.05) is 24.4 Å². The molecule has 0 atom stereocenters. The highest BCUT2D eigenvalue weighted by molar-refractivity contribution is 7.15. The van der Waals surface area contributed by atoms with E-state index in [2.05, 4.69) is 22.9 Å². The largest absolute Gasteiger partial charge is 0.375 e. The van der Waals surface area contributed by atoms with Gasteiger partial charge in [0.15, 0.2) is 5.13 Å². The SMILES string of the molecule is CCN(Cc1cccc(Cl)c1)Cc1cnc(N)s1.Cl. The van der Waals surface area contributed by atoms with E-state index in [9.17, 15) is 0 Å². The molecule has 0 unspecified atom stereocenters. The number of anilines is 1. The first-order chi connectivity index (χ1) is 8.67. The summed E-state index contributed by atoms with van der Waals surface area (Å²) in [6.45, 7) is 4.88. The van der Waals surface area contributed by atoms with Crippen LogP contribution in [0.2, 0.25) is 5.02 Å². The Morgan fingerprint density at radius 2 is 2.16 bits per heavy atom. The van der Waals surface area contributed by atoms with Crippen LogP contribution < -0.4 is 5.73 Å².